The van der Waals surface area contributed by atoms with E-state index in [2.05, 4.69) is 27.6 Å². The molecule has 2 aliphatic rings. The molecule has 2 fully saturated rings. The van der Waals surface area contributed by atoms with Gasteiger partial charge >= 0.3 is 0 Å². The van der Waals surface area contributed by atoms with Gasteiger partial charge in [-0.25, -0.2) is 13.8 Å². The number of nitrogens with one attached hydrogen (secondary N) is 2. The highest BCUT2D eigenvalue weighted by molar-refractivity contribution is 6.16. The average molecular weight is 617 g/mol. The van der Waals surface area contributed by atoms with Crippen LogP contribution in [0.15, 0.2) is 66.7 Å². The zero-order valence-corrected chi connectivity index (χ0v) is 25.1. The summed E-state index contributed by atoms with van der Waals surface area (Å²) >= 11 is 0. The van der Waals surface area contributed by atoms with Crippen LogP contribution in [0.2, 0.25) is 0 Å². The van der Waals surface area contributed by atoms with Crippen LogP contribution in [0.5, 0.6) is 23.1 Å². The number of halogens is 2. The summed E-state index contributed by atoms with van der Waals surface area (Å²) in [4.78, 5) is 32.7. The van der Waals surface area contributed by atoms with E-state index < -0.39 is 28.9 Å². The molecule has 0 radical (unpaired) electrons. The molecule has 0 atom stereocenters. The van der Waals surface area contributed by atoms with Crippen LogP contribution < -0.4 is 24.8 Å². The zero-order valence-electron chi connectivity index (χ0n) is 25.1. The highest BCUT2D eigenvalue weighted by Crippen LogP contribution is 2.47. The topological polar surface area (TPSA) is 102 Å². The van der Waals surface area contributed by atoms with E-state index in [9.17, 15) is 14.0 Å². The Balaban J connectivity index is 1.11. The maximum atomic E-state index is 15.1. The first-order valence-corrected chi connectivity index (χ1v) is 14.9. The molecule has 234 valence electrons. The predicted octanol–water partition coefficient (Wildman–Crippen LogP) is 6.39. The monoisotopic (exact) mass is 616 g/mol. The van der Waals surface area contributed by atoms with Crippen LogP contribution in [0.1, 0.15) is 25.7 Å². The van der Waals surface area contributed by atoms with Crippen molar-refractivity contribution >= 4 is 34.1 Å². The number of amides is 2. The van der Waals surface area contributed by atoms with Gasteiger partial charge in [-0.15, -0.1) is 0 Å². The number of ether oxygens (including phenoxy) is 3. The number of carbonyl (C=O) groups is 2. The number of anilines is 2. The lowest BCUT2D eigenvalue weighted by Gasteiger charge is -2.28. The zero-order chi connectivity index (χ0) is 31.6. The minimum atomic E-state index is -1.27. The fourth-order valence-electron chi connectivity index (χ4n) is 5.37. The molecule has 0 unspecified atom stereocenters. The Morgan fingerprint density at radius 3 is 2.24 bits per heavy atom. The molecule has 4 aromatic rings. The van der Waals surface area contributed by atoms with Crippen molar-refractivity contribution in [2.75, 3.05) is 44.5 Å². The van der Waals surface area contributed by atoms with E-state index in [-0.39, 0.29) is 17.3 Å². The minimum Gasteiger partial charge on any atom is -0.493 e. The molecule has 9 nitrogen and oxygen atoms in total. The molecule has 1 aliphatic carbocycles. The van der Waals surface area contributed by atoms with Gasteiger partial charge in [0.25, 0.3) is 0 Å². The summed E-state index contributed by atoms with van der Waals surface area (Å²) in [6.07, 6.45) is 2.84. The molecule has 11 heteroatoms. The van der Waals surface area contributed by atoms with Gasteiger partial charge in [0.1, 0.15) is 11.2 Å². The molecular formula is C34H34F2N4O5. The number of benzene rings is 3. The molecule has 0 bridgehead atoms. The standard InChI is InChI=1S/C34H34F2N4O5/c1-40-15-11-21(12-16-40)20-44-30-19-27-22(17-29(30)43-2)3-10-31(39-27)45-28-9-8-25(18-26(28)36)38-33(42)34(13-14-34)32(41)37-24-6-4-23(35)5-7-24/h3-10,17-19,21H,11-16,20H2,1-2H3,(H,37,41)(H,38,42). The Hall–Kier alpha value is -4.77. The summed E-state index contributed by atoms with van der Waals surface area (Å²) in [5.74, 6) is -0.439. The van der Waals surface area contributed by atoms with Crippen LogP contribution in [-0.4, -0.2) is 55.6 Å². The quantitative estimate of drug-likeness (QED) is 0.199. The molecule has 2 N–H and O–H groups in total. The van der Waals surface area contributed by atoms with E-state index in [1.807, 2.05) is 6.07 Å². The Morgan fingerprint density at radius 2 is 1.58 bits per heavy atom. The number of hydrogen-bond donors (Lipinski definition) is 2. The van der Waals surface area contributed by atoms with E-state index in [4.69, 9.17) is 14.2 Å². The van der Waals surface area contributed by atoms with Gasteiger partial charge in [0.05, 0.1) is 19.2 Å². The molecule has 2 heterocycles. The number of nitrogens with zero attached hydrogens (tertiary/aromatic N) is 2. The summed E-state index contributed by atoms with van der Waals surface area (Å²) in [6.45, 7) is 2.68. The number of rotatable bonds is 10. The van der Waals surface area contributed by atoms with Crippen LogP contribution in [-0.2, 0) is 9.59 Å². The van der Waals surface area contributed by atoms with Crippen molar-refractivity contribution < 1.29 is 32.6 Å². The first kappa shape index (κ1) is 30.3. The van der Waals surface area contributed by atoms with E-state index >= 15 is 4.39 Å². The molecular weight excluding hydrogens is 582 g/mol. The normalized spacial score (nSPS) is 16.2. The second kappa shape index (κ2) is 12.7. The highest BCUT2D eigenvalue weighted by Gasteiger charge is 2.56. The van der Waals surface area contributed by atoms with Gasteiger partial charge in [-0.05, 0) is 100 Å². The van der Waals surface area contributed by atoms with Crippen LogP contribution >= 0.6 is 0 Å². The predicted molar refractivity (Wildman–Crippen MR) is 166 cm³/mol. The molecule has 1 saturated carbocycles. The Kier molecular flexibility index (Phi) is 8.53. The first-order valence-electron chi connectivity index (χ1n) is 14.9. The number of pyridine rings is 1. The fraction of sp³-hybridized carbons (Fsp3) is 0.324. The number of aromatic nitrogens is 1. The van der Waals surface area contributed by atoms with Gasteiger partial charge in [-0.2, -0.15) is 0 Å². The summed E-state index contributed by atoms with van der Waals surface area (Å²) in [7, 11) is 3.72. The van der Waals surface area contributed by atoms with Crippen molar-refractivity contribution in [1.82, 2.24) is 9.88 Å². The van der Waals surface area contributed by atoms with E-state index in [0.717, 1.165) is 37.4 Å². The molecule has 3 aromatic carbocycles. The van der Waals surface area contributed by atoms with Crippen molar-refractivity contribution in [2.45, 2.75) is 25.7 Å². The second-order valence-electron chi connectivity index (χ2n) is 11.6. The van der Waals surface area contributed by atoms with E-state index in [0.29, 0.717) is 48.1 Å². The number of hydrogen-bond acceptors (Lipinski definition) is 7. The number of likely N-dealkylation sites (tertiary alicyclic amines) is 1. The number of fused-ring (bicyclic) bond motifs is 1. The molecule has 1 aliphatic heterocycles. The van der Waals surface area contributed by atoms with E-state index in [1.165, 1.54) is 36.4 Å². The average Bonchev–Trinajstić information content (AvgIpc) is 3.85. The van der Waals surface area contributed by atoms with Crippen LogP contribution in [0.4, 0.5) is 20.2 Å². The van der Waals surface area contributed by atoms with Gasteiger partial charge in [-0.3, -0.25) is 9.59 Å². The fourth-order valence-corrected chi connectivity index (χ4v) is 5.37. The third kappa shape index (κ3) is 6.83. The van der Waals surface area contributed by atoms with Crippen molar-refractivity contribution in [3.8, 4) is 23.1 Å². The maximum Gasteiger partial charge on any atom is 0.240 e. The van der Waals surface area contributed by atoms with Crippen molar-refractivity contribution in [3.63, 3.8) is 0 Å². The van der Waals surface area contributed by atoms with Gasteiger partial charge in [0, 0.05) is 35.0 Å². The molecule has 1 aromatic heterocycles. The second-order valence-corrected chi connectivity index (χ2v) is 11.6. The van der Waals surface area contributed by atoms with Gasteiger partial charge in [0.2, 0.25) is 17.7 Å². The van der Waals surface area contributed by atoms with E-state index in [1.54, 1.807) is 25.3 Å². The summed E-state index contributed by atoms with van der Waals surface area (Å²) < 4.78 is 45.8. The number of piperidine rings is 1. The number of methoxy groups -OCH3 is 1. The lowest BCUT2D eigenvalue weighted by molar-refractivity contribution is -0.131. The van der Waals surface area contributed by atoms with Gasteiger partial charge < -0.3 is 29.7 Å². The Labute approximate surface area is 259 Å². The van der Waals surface area contributed by atoms with Crippen molar-refractivity contribution in [1.29, 1.82) is 0 Å². The molecule has 1 saturated heterocycles. The van der Waals surface area contributed by atoms with Gasteiger partial charge in [0.15, 0.2) is 23.1 Å². The SMILES string of the molecule is COc1cc2ccc(Oc3ccc(NC(=O)C4(C(=O)Nc5ccc(F)cc5)CC4)cc3F)nc2cc1OCC1CCN(C)CC1. The molecule has 2 amide bonds. The molecule has 45 heavy (non-hydrogen) atoms. The maximum absolute atomic E-state index is 15.1. The Bertz CT molecular complexity index is 1720. The van der Waals surface area contributed by atoms with Crippen LogP contribution in [0.25, 0.3) is 10.9 Å². The lowest BCUT2D eigenvalue weighted by Crippen LogP contribution is -2.35. The number of carbonyl (C=O) groups excluding carboxylic acids is 2. The summed E-state index contributed by atoms with van der Waals surface area (Å²) in [5.41, 5.74) is -0.112. The Morgan fingerprint density at radius 1 is 0.889 bits per heavy atom. The van der Waals surface area contributed by atoms with Crippen LogP contribution in [0.3, 0.4) is 0 Å². The highest BCUT2D eigenvalue weighted by atomic mass is 19.1. The summed E-state index contributed by atoms with van der Waals surface area (Å²) in [6, 6.07) is 16.4. The lowest BCUT2D eigenvalue weighted by atomic mass is 9.98. The molecule has 6 rings (SSSR count). The summed E-state index contributed by atoms with van der Waals surface area (Å²) in [5, 5.41) is 6.09. The minimum absolute atomic E-state index is 0.0812. The van der Waals surface area contributed by atoms with Crippen LogP contribution in [0, 0.1) is 23.0 Å². The smallest absolute Gasteiger partial charge is 0.240 e. The van der Waals surface area contributed by atoms with Crippen molar-refractivity contribution in [2.24, 2.45) is 11.3 Å². The molecule has 0 spiro atoms. The largest absolute Gasteiger partial charge is 0.493 e. The van der Waals surface area contributed by atoms with Crippen molar-refractivity contribution in [3.05, 3.63) is 78.4 Å². The third-order valence-corrected chi connectivity index (χ3v) is 8.39. The third-order valence-electron chi connectivity index (χ3n) is 8.39. The van der Waals surface area contributed by atoms with Gasteiger partial charge in [-0.1, -0.05) is 0 Å². The first-order chi connectivity index (χ1) is 21.7.